The molecule has 0 spiro atoms. The van der Waals surface area contributed by atoms with Crippen molar-refractivity contribution in [1.29, 1.82) is 0 Å². The van der Waals surface area contributed by atoms with Gasteiger partial charge in [-0.2, -0.15) is 4.98 Å². The highest BCUT2D eigenvalue weighted by molar-refractivity contribution is 6.46. The van der Waals surface area contributed by atoms with Gasteiger partial charge < -0.3 is 5.32 Å². The van der Waals surface area contributed by atoms with Gasteiger partial charge in [-0.05, 0) is 11.6 Å². The van der Waals surface area contributed by atoms with Crippen LogP contribution in [0.25, 0.3) is 0 Å². The van der Waals surface area contributed by atoms with Gasteiger partial charge >= 0.3 is 0 Å². The lowest BCUT2D eigenvalue weighted by Crippen LogP contribution is -2.13. The maximum atomic E-state index is 5.82. The van der Waals surface area contributed by atoms with Gasteiger partial charge in [-0.1, -0.05) is 11.6 Å². The summed E-state index contributed by atoms with van der Waals surface area (Å²) in [6.07, 6.45) is 0. The Hall–Kier alpha value is -0.475. The van der Waals surface area contributed by atoms with Gasteiger partial charge in [0.25, 0.3) is 0 Å². The second-order valence-electron chi connectivity index (χ2n) is 1.99. The first-order valence-corrected chi connectivity index (χ1v) is 3.78. The molecule has 1 N–H and O–H groups in total. The Bertz CT molecular complexity index is 279. The number of nitrogens with one attached hydrogen (secondary N) is 1. The Labute approximate surface area is 75.5 Å². The van der Waals surface area contributed by atoms with Crippen molar-refractivity contribution in [2.75, 3.05) is 12.4 Å². The van der Waals surface area contributed by atoms with Gasteiger partial charge in [0.05, 0.1) is 5.02 Å². The second kappa shape index (κ2) is 3.28. The Morgan fingerprint density at radius 1 is 1.36 bits per heavy atom. The van der Waals surface area contributed by atoms with Crippen LogP contribution in [0.4, 0.5) is 5.82 Å². The molecule has 0 atom stereocenters. The van der Waals surface area contributed by atoms with Gasteiger partial charge in [0, 0.05) is 12.6 Å². The molecule has 58 valence electrons. The molecule has 0 aliphatic heterocycles. The van der Waals surface area contributed by atoms with E-state index in [-0.39, 0.29) is 5.28 Å². The quantitative estimate of drug-likeness (QED) is 0.503. The predicted molar refractivity (Wildman–Crippen MR) is 49.8 cm³/mol. The summed E-state index contributed by atoms with van der Waals surface area (Å²) in [6.45, 7) is 0. The third-order valence-corrected chi connectivity index (χ3v) is 1.85. The molecule has 11 heavy (non-hydrogen) atoms. The molecule has 0 aromatic carbocycles. The van der Waals surface area contributed by atoms with Crippen molar-refractivity contribution in [3.8, 4) is 0 Å². The summed E-state index contributed by atoms with van der Waals surface area (Å²) in [5, 5.41) is 3.53. The minimum absolute atomic E-state index is 0.205. The summed E-state index contributed by atoms with van der Waals surface area (Å²) < 4.78 is 0. The average molecular weight is 190 g/mol. The molecule has 0 radical (unpaired) electrons. The molecule has 1 rings (SSSR count). The number of nitrogens with zero attached hydrogens (tertiary/aromatic N) is 2. The van der Waals surface area contributed by atoms with Crippen molar-refractivity contribution in [2.45, 2.75) is 0 Å². The van der Waals surface area contributed by atoms with Crippen LogP contribution < -0.4 is 10.9 Å². The summed E-state index contributed by atoms with van der Waals surface area (Å²) in [5.74, 6) is 0.559. The van der Waals surface area contributed by atoms with E-state index in [2.05, 4.69) is 15.3 Å². The predicted octanol–water partition coefficient (Wildman–Crippen LogP) is 0.0835. The second-order valence-corrected chi connectivity index (χ2v) is 2.71. The summed E-state index contributed by atoms with van der Waals surface area (Å²) in [6, 6.07) is 0. The molecule has 0 aliphatic rings. The van der Waals surface area contributed by atoms with E-state index in [1.54, 1.807) is 14.9 Å². The molecule has 1 aromatic rings. The Balaban J connectivity index is 3.24. The Morgan fingerprint density at radius 3 is 2.55 bits per heavy atom. The molecule has 0 aliphatic carbocycles. The maximum absolute atomic E-state index is 5.82. The highest BCUT2D eigenvalue weighted by Gasteiger charge is 2.05. The van der Waals surface area contributed by atoms with Crippen LogP contribution in [0.3, 0.4) is 0 Å². The molecule has 3 nitrogen and oxygen atoms in total. The van der Waals surface area contributed by atoms with Crippen molar-refractivity contribution in [3.63, 3.8) is 0 Å². The monoisotopic (exact) mass is 189 g/mol. The summed E-state index contributed by atoms with van der Waals surface area (Å²) in [5.41, 5.74) is 0.677. The average Bonchev–Trinajstić information content (AvgIpc) is 1.96. The molecule has 0 saturated carbocycles. The van der Waals surface area contributed by atoms with Crippen LogP contribution in [0.15, 0.2) is 0 Å². The zero-order valence-corrected chi connectivity index (χ0v) is 7.66. The van der Waals surface area contributed by atoms with E-state index in [1.807, 2.05) is 0 Å². The van der Waals surface area contributed by atoms with Crippen molar-refractivity contribution >= 4 is 42.5 Å². The molecule has 0 fully saturated rings. The van der Waals surface area contributed by atoms with E-state index in [0.717, 1.165) is 0 Å². The number of halogens is 2. The molecular weight excluding hydrogens is 184 g/mol. The lowest BCUT2D eigenvalue weighted by molar-refractivity contribution is 1.19. The van der Waals surface area contributed by atoms with Crippen LogP contribution in [0, 0.1) is 0 Å². The van der Waals surface area contributed by atoms with Crippen molar-refractivity contribution in [1.82, 2.24) is 9.97 Å². The van der Waals surface area contributed by atoms with Crippen molar-refractivity contribution in [3.05, 3.63) is 10.3 Å². The van der Waals surface area contributed by atoms with Crippen LogP contribution >= 0.6 is 23.2 Å². The van der Waals surface area contributed by atoms with Gasteiger partial charge in [0.2, 0.25) is 5.28 Å². The van der Waals surface area contributed by atoms with E-state index in [0.29, 0.717) is 16.4 Å². The van der Waals surface area contributed by atoms with E-state index < -0.39 is 0 Å². The standard InChI is InChI=1S/C5H6BCl2N3/c1-9-4-2(7)3(6)10-5(8)11-4/h6H2,1H3,(H,9,10,11). The van der Waals surface area contributed by atoms with E-state index in [1.165, 1.54) is 0 Å². The highest BCUT2D eigenvalue weighted by Crippen LogP contribution is 2.15. The summed E-state index contributed by atoms with van der Waals surface area (Å²) >= 11 is 11.4. The minimum Gasteiger partial charge on any atom is -0.372 e. The fourth-order valence-electron chi connectivity index (χ4n) is 0.691. The van der Waals surface area contributed by atoms with Gasteiger partial charge in [0.15, 0.2) is 7.85 Å². The number of rotatable bonds is 1. The normalized spacial score (nSPS) is 9.73. The number of hydrogen-bond acceptors (Lipinski definition) is 3. The number of aromatic nitrogens is 2. The summed E-state index contributed by atoms with van der Waals surface area (Å²) in [7, 11) is 3.50. The molecule has 0 unspecified atom stereocenters. The third-order valence-electron chi connectivity index (χ3n) is 1.23. The first kappa shape index (κ1) is 8.62. The SMILES string of the molecule is Bc1nc(Cl)nc(NC)c1Cl. The molecule has 0 bridgehead atoms. The molecule has 6 heteroatoms. The summed E-state index contributed by atoms with van der Waals surface area (Å²) in [4.78, 5) is 7.73. The van der Waals surface area contributed by atoms with Gasteiger partial charge in [0.1, 0.15) is 5.82 Å². The third kappa shape index (κ3) is 1.76. The van der Waals surface area contributed by atoms with Crippen molar-refractivity contribution < 1.29 is 0 Å². The number of anilines is 1. The van der Waals surface area contributed by atoms with Gasteiger partial charge in [-0.15, -0.1) is 0 Å². The molecule has 0 amide bonds. The van der Waals surface area contributed by atoms with E-state index in [4.69, 9.17) is 23.2 Å². The zero-order valence-electron chi connectivity index (χ0n) is 6.15. The van der Waals surface area contributed by atoms with Gasteiger partial charge in [-0.3, -0.25) is 0 Å². The smallest absolute Gasteiger partial charge is 0.223 e. The van der Waals surface area contributed by atoms with Crippen LogP contribution in [0.5, 0.6) is 0 Å². The minimum atomic E-state index is 0.205. The van der Waals surface area contributed by atoms with Crippen LogP contribution in [0.2, 0.25) is 10.3 Å². The first-order chi connectivity index (χ1) is 5.15. The lowest BCUT2D eigenvalue weighted by Gasteiger charge is -2.03. The topological polar surface area (TPSA) is 37.8 Å². The zero-order chi connectivity index (χ0) is 8.43. The van der Waals surface area contributed by atoms with Crippen LogP contribution in [-0.2, 0) is 0 Å². The van der Waals surface area contributed by atoms with E-state index >= 15 is 0 Å². The van der Waals surface area contributed by atoms with E-state index in [9.17, 15) is 0 Å². The molecule has 1 heterocycles. The van der Waals surface area contributed by atoms with Crippen LogP contribution in [-0.4, -0.2) is 24.9 Å². The fraction of sp³-hybridized carbons (Fsp3) is 0.200. The number of hydrogen-bond donors (Lipinski definition) is 1. The Morgan fingerprint density at radius 2 is 2.00 bits per heavy atom. The lowest BCUT2D eigenvalue weighted by atomic mass is 10.1. The van der Waals surface area contributed by atoms with Gasteiger partial charge in [-0.25, -0.2) is 4.98 Å². The first-order valence-electron chi connectivity index (χ1n) is 3.02. The molecule has 1 aromatic heterocycles. The van der Waals surface area contributed by atoms with Crippen LogP contribution in [0.1, 0.15) is 0 Å². The van der Waals surface area contributed by atoms with Crippen molar-refractivity contribution in [2.24, 2.45) is 0 Å². The Kier molecular flexibility index (Phi) is 2.57. The molecular formula is C5H6BCl2N3. The maximum Gasteiger partial charge on any atom is 0.223 e. The molecule has 0 saturated heterocycles. The fourth-order valence-corrected chi connectivity index (χ4v) is 1.08. The highest BCUT2D eigenvalue weighted by atomic mass is 35.5. The largest absolute Gasteiger partial charge is 0.372 e.